The van der Waals surface area contributed by atoms with E-state index in [1.54, 1.807) is 6.08 Å². The number of unbranched alkanes of at least 4 members (excludes halogenated alkanes) is 53. The van der Waals surface area contributed by atoms with Crippen molar-refractivity contribution >= 4 is 5.91 Å². The molecule has 0 radical (unpaired) electrons. The molecule has 104 heavy (non-hydrogen) atoms. The molecule has 19 heteroatoms. The lowest BCUT2D eigenvalue weighted by molar-refractivity contribution is -0.379. The Hall–Kier alpha value is -1.73. The normalized spacial score (nSPS) is 26.0. The lowest BCUT2D eigenvalue weighted by Gasteiger charge is -2.48. The molecule has 3 rings (SSSR count). The molecule has 3 saturated heterocycles. The fourth-order valence-corrected chi connectivity index (χ4v) is 15.0. The quantitative estimate of drug-likeness (QED) is 0.0199. The van der Waals surface area contributed by atoms with Crippen molar-refractivity contribution in [1.29, 1.82) is 0 Å². The maximum absolute atomic E-state index is 13.5. The predicted octanol–water partition coefficient (Wildman–Crippen LogP) is 15.7. The van der Waals surface area contributed by atoms with Gasteiger partial charge in [-0.2, -0.15) is 0 Å². The van der Waals surface area contributed by atoms with Crippen LogP contribution < -0.4 is 5.32 Å². The van der Waals surface area contributed by atoms with Crippen LogP contribution in [0.15, 0.2) is 24.3 Å². The minimum absolute atomic E-state index is 0.241. The summed E-state index contributed by atoms with van der Waals surface area (Å²) in [5.74, 6) is -0.276. The molecule has 0 bridgehead atoms. The van der Waals surface area contributed by atoms with Gasteiger partial charge in [0.05, 0.1) is 38.6 Å². The third-order valence-corrected chi connectivity index (χ3v) is 22.0. The number of hydrogen-bond acceptors (Lipinski definition) is 18. The first-order valence-corrected chi connectivity index (χ1v) is 43.6. The van der Waals surface area contributed by atoms with Crippen LogP contribution in [0.25, 0.3) is 0 Å². The van der Waals surface area contributed by atoms with Gasteiger partial charge in [0.15, 0.2) is 18.9 Å². The molecule has 19 nitrogen and oxygen atoms in total. The smallest absolute Gasteiger partial charge is 0.220 e. The SMILES string of the molecule is CCCCCCCCCCCCCCCCCCCCC/C=C/CC/C=C/C(O)C(COC1OC(CO)C(OC2OC(CO)C(OC3OC(CO)C(O)C(O)C3O)C(O)C2O)C(O)C1O)NC(=O)CCCCCCCCCCCCCCCCCCCCCCCCCCCCCCCCCCCC. The summed E-state index contributed by atoms with van der Waals surface area (Å²) in [6.07, 6.45) is 54.8. The number of rotatable bonds is 71. The predicted molar refractivity (Wildman–Crippen MR) is 416 cm³/mol. The van der Waals surface area contributed by atoms with Crippen molar-refractivity contribution in [2.45, 2.75) is 484 Å². The molecule has 0 saturated carbocycles. The number of aliphatic hydroxyl groups is 11. The van der Waals surface area contributed by atoms with Crippen LogP contribution in [0, 0.1) is 0 Å². The zero-order valence-electron chi connectivity index (χ0n) is 66.0. The average Bonchev–Trinajstić information content (AvgIpc) is 0.783. The molecule has 17 unspecified atom stereocenters. The van der Waals surface area contributed by atoms with Crippen LogP contribution in [0.1, 0.15) is 380 Å². The lowest BCUT2D eigenvalue weighted by atomic mass is 9.96. The second-order valence-electron chi connectivity index (χ2n) is 31.4. The molecule has 0 aromatic heterocycles. The Balaban J connectivity index is 1.34. The second-order valence-corrected chi connectivity index (χ2v) is 31.4. The van der Waals surface area contributed by atoms with Gasteiger partial charge >= 0.3 is 0 Å². The van der Waals surface area contributed by atoms with Crippen molar-refractivity contribution in [3.05, 3.63) is 24.3 Å². The van der Waals surface area contributed by atoms with Gasteiger partial charge in [-0.15, -0.1) is 0 Å². The third-order valence-electron chi connectivity index (χ3n) is 22.0. The van der Waals surface area contributed by atoms with E-state index in [4.69, 9.17) is 28.4 Å². The van der Waals surface area contributed by atoms with Crippen LogP contribution in [-0.2, 0) is 33.2 Å². The van der Waals surface area contributed by atoms with Crippen LogP contribution in [0.3, 0.4) is 0 Å². The number of nitrogens with one attached hydrogen (secondary N) is 1. The molecule has 3 aliphatic heterocycles. The Morgan fingerprint density at radius 1 is 0.337 bits per heavy atom. The number of carbonyl (C=O) groups excluding carboxylic acids is 1. The van der Waals surface area contributed by atoms with Crippen LogP contribution >= 0.6 is 0 Å². The van der Waals surface area contributed by atoms with Gasteiger partial charge in [-0.3, -0.25) is 4.79 Å². The molecular weight excluding hydrogens is 1320 g/mol. The van der Waals surface area contributed by atoms with Crippen molar-refractivity contribution in [3.63, 3.8) is 0 Å². The number of hydrogen-bond donors (Lipinski definition) is 12. The minimum Gasteiger partial charge on any atom is -0.394 e. The van der Waals surface area contributed by atoms with Gasteiger partial charge in [-0.25, -0.2) is 0 Å². The van der Waals surface area contributed by atoms with E-state index in [-0.39, 0.29) is 18.9 Å². The highest BCUT2D eigenvalue weighted by Gasteiger charge is 2.54. The van der Waals surface area contributed by atoms with Crippen molar-refractivity contribution in [2.75, 3.05) is 26.4 Å². The van der Waals surface area contributed by atoms with E-state index in [2.05, 4.69) is 31.3 Å². The van der Waals surface area contributed by atoms with Gasteiger partial charge in [0.1, 0.15) is 73.2 Å². The molecule has 0 spiro atoms. The monoisotopic (exact) mass is 1480 g/mol. The summed E-state index contributed by atoms with van der Waals surface area (Å²) in [7, 11) is 0. The number of amides is 1. The summed E-state index contributed by atoms with van der Waals surface area (Å²) in [5, 5.41) is 121. The summed E-state index contributed by atoms with van der Waals surface area (Å²) in [6.45, 7) is 1.79. The Morgan fingerprint density at radius 3 is 0.962 bits per heavy atom. The van der Waals surface area contributed by atoms with Gasteiger partial charge in [-0.1, -0.05) is 366 Å². The van der Waals surface area contributed by atoms with Crippen LogP contribution in [0.4, 0.5) is 0 Å². The molecule has 17 atom stereocenters. The Kier molecular flexibility index (Phi) is 61.2. The summed E-state index contributed by atoms with van der Waals surface area (Å²) < 4.78 is 34.5. The first-order chi connectivity index (χ1) is 50.8. The average molecular weight is 1490 g/mol. The van der Waals surface area contributed by atoms with E-state index in [0.717, 1.165) is 38.5 Å². The molecule has 3 heterocycles. The highest BCUT2D eigenvalue weighted by molar-refractivity contribution is 5.76. The molecule has 0 aromatic carbocycles. The molecule has 0 aliphatic carbocycles. The molecule has 3 fully saturated rings. The van der Waals surface area contributed by atoms with E-state index < -0.39 is 124 Å². The first-order valence-electron chi connectivity index (χ1n) is 43.6. The topological polar surface area (TPSA) is 307 Å². The van der Waals surface area contributed by atoms with E-state index >= 15 is 0 Å². The van der Waals surface area contributed by atoms with E-state index in [1.807, 2.05) is 6.08 Å². The second kappa shape index (κ2) is 65.9. The highest BCUT2D eigenvalue weighted by Crippen LogP contribution is 2.34. The fraction of sp³-hybridized carbons (Fsp3) is 0.941. The van der Waals surface area contributed by atoms with Crippen molar-refractivity contribution in [3.8, 4) is 0 Å². The zero-order valence-corrected chi connectivity index (χ0v) is 66.0. The third kappa shape index (κ3) is 44.9. The van der Waals surface area contributed by atoms with Crippen molar-refractivity contribution < 1.29 is 89.4 Å². The van der Waals surface area contributed by atoms with Gasteiger partial charge in [0.25, 0.3) is 0 Å². The lowest BCUT2D eigenvalue weighted by Crippen LogP contribution is -2.66. The molecule has 0 aromatic rings. The fourth-order valence-electron chi connectivity index (χ4n) is 15.0. The van der Waals surface area contributed by atoms with E-state index in [0.29, 0.717) is 12.8 Å². The van der Waals surface area contributed by atoms with E-state index in [9.17, 15) is 61.0 Å². The summed E-state index contributed by atoms with van der Waals surface area (Å²) in [6, 6.07) is -0.989. The number of carbonyl (C=O) groups is 1. The molecular formula is C85H161NO18. The molecule has 614 valence electrons. The van der Waals surface area contributed by atoms with Gasteiger partial charge in [0.2, 0.25) is 5.91 Å². The van der Waals surface area contributed by atoms with Crippen LogP contribution in [0.2, 0.25) is 0 Å². The summed E-state index contributed by atoms with van der Waals surface area (Å²) in [5.41, 5.74) is 0. The Bertz CT molecular complexity index is 1970. The first kappa shape index (κ1) is 96.5. The Morgan fingerprint density at radius 2 is 0.615 bits per heavy atom. The largest absolute Gasteiger partial charge is 0.394 e. The minimum atomic E-state index is -1.98. The molecule has 1 amide bonds. The van der Waals surface area contributed by atoms with Gasteiger partial charge in [0, 0.05) is 6.42 Å². The van der Waals surface area contributed by atoms with Gasteiger partial charge in [-0.05, 0) is 32.1 Å². The van der Waals surface area contributed by atoms with Gasteiger partial charge < -0.3 is 89.9 Å². The molecule has 3 aliphatic rings. The van der Waals surface area contributed by atoms with Crippen LogP contribution in [0.5, 0.6) is 0 Å². The zero-order chi connectivity index (χ0) is 75.3. The highest BCUT2D eigenvalue weighted by atomic mass is 16.8. The Labute approximate surface area is 632 Å². The maximum Gasteiger partial charge on any atom is 0.220 e. The number of ether oxygens (including phenoxy) is 6. The number of allylic oxidation sites excluding steroid dienone is 3. The summed E-state index contributed by atoms with van der Waals surface area (Å²) in [4.78, 5) is 13.5. The number of aliphatic hydroxyl groups excluding tert-OH is 11. The van der Waals surface area contributed by atoms with Crippen LogP contribution in [-0.4, -0.2) is 193 Å². The maximum atomic E-state index is 13.5. The summed E-state index contributed by atoms with van der Waals surface area (Å²) >= 11 is 0. The van der Waals surface area contributed by atoms with E-state index in [1.165, 1.54) is 308 Å². The standard InChI is InChI=1S/C85H161NO18/c1-3-5-7-9-11-13-15-17-19-21-23-25-27-29-30-31-32-33-34-35-36-37-39-41-43-45-47-49-51-53-55-57-59-61-63-73(91)86-68(69(90)62-60-58-56-54-52-50-48-46-44-42-40-38-28-26-24-22-20-18-16-14-12-10-8-6-4-2)67-99-83-79(97)76(94)81(71(65-88)101-83)104-85-80(98)77(95)82(72(66-89)102-85)103-84-78(96)75(93)74(92)70(64-87)100-84/h52,54,60,62,68-72,74-85,87-90,92-98H,3-51,53,55-59,61,63-67H2,1-2H3,(H,86,91)/b54-52+,62-60+. The van der Waals surface area contributed by atoms with Crippen molar-refractivity contribution in [2.24, 2.45) is 0 Å². The van der Waals surface area contributed by atoms with Crippen molar-refractivity contribution in [1.82, 2.24) is 5.32 Å². The molecule has 12 N–H and O–H groups in total.